The average molecular weight is 402 g/mol. The highest BCUT2D eigenvalue weighted by atomic mass is 16.5. The summed E-state index contributed by atoms with van der Waals surface area (Å²) in [4.78, 5) is 49.4. The summed E-state index contributed by atoms with van der Waals surface area (Å²) in [6.45, 7) is 4.76. The Balaban J connectivity index is 1.66. The van der Waals surface area contributed by atoms with Crippen molar-refractivity contribution < 1.29 is 29.0 Å². The van der Waals surface area contributed by atoms with Gasteiger partial charge < -0.3 is 9.84 Å². The largest absolute Gasteiger partial charge is 0.458 e. The van der Waals surface area contributed by atoms with Gasteiger partial charge in [-0.05, 0) is 55.4 Å². The average Bonchev–Trinajstić information content (AvgIpc) is 2.91. The lowest BCUT2D eigenvalue weighted by atomic mass is 9.46. The smallest absolute Gasteiger partial charge is 0.303 e. The van der Waals surface area contributed by atoms with Gasteiger partial charge in [0.25, 0.3) is 0 Å². The molecule has 0 heterocycles. The van der Waals surface area contributed by atoms with Gasteiger partial charge in [-0.25, -0.2) is 0 Å². The molecule has 3 fully saturated rings. The van der Waals surface area contributed by atoms with E-state index in [4.69, 9.17) is 4.74 Å². The molecule has 0 bridgehead atoms. The second kappa shape index (κ2) is 6.59. The molecule has 6 heteroatoms. The lowest BCUT2D eigenvalue weighted by Gasteiger charge is -2.57. The standard InChI is InChI=1S/C23H30O6/c1-13(24)29-12-19(27)23(28)9-7-17-16-5-4-14-10-15(25)6-8-21(14,2)20(16)18(26)11-22(17,23)3/h10,16-17,20,28H,4-9,11-12H2,1-3H3/t16-,17-,20-,21-,22-,23-/m0/s1. The lowest BCUT2D eigenvalue weighted by Crippen LogP contribution is -2.61. The summed E-state index contributed by atoms with van der Waals surface area (Å²) in [6, 6.07) is 0. The van der Waals surface area contributed by atoms with Gasteiger partial charge in [0.1, 0.15) is 11.4 Å². The molecule has 29 heavy (non-hydrogen) atoms. The van der Waals surface area contributed by atoms with Crippen LogP contribution < -0.4 is 0 Å². The third-order valence-corrected chi connectivity index (χ3v) is 8.67. The van der Waals surface area contributed by atoms with Crippen LogP contribution in [0.3, 0.4) is 0 Å². The maximum atomic E-state index is 13.5. The third kappa shape index (κ3) is 2.78. The summed E-state index contributed by atoms with van der Waals surface area (Å²) in [5, 5.41) is 11.4. The number of carbonyl (C=O) groups excluding carboxylic acids is 4. The predicted octanol–water partition coefficient (Wildman–Crippen LogP) is 2.56. The van der Waals surface area contributed by atoms with E-state index in [0.717, 1.165) is 18.4 Å². The van der Waals surface area contributed by atoms with E-state index in [2.05, 4.69) is 6.92 Å². The van der Waals surface area contributed by atoms with Crippen molar-refractivity contribution in [2.24, 2.45) is 28.6 Å². The third-order valence-electron chi connectivity index (χ3n) is 8.67. The molecule has 4 rings (SSSR count). The van der Waals surface area contributed by atoms with Gasteiger partial charge in [0.05, 0.1) is 0 Å². The fraction of sp³-hybridized carbons (Fsp3) is 0.739. The number of Topliss-reactive ketones (excluding diaryl/α,β-unsaturated/α-hetero) is 2. The van der Waals surface area contributed by atoms with Crippen LogP contribution in [0.5, 0.6) is 0 Å². The number of rotatable bonds is 3. The van der Waals surface area contributed by atoms with E-state index in [1.54, 1.807) is 6.08 Å². The maximum Gasteiger partial charge on any atom is 0.303 e. The number of aliphatic hydroxyl groups is 1. The first-order valence-electron chi connectivity index (χ1n) is 10.7. The normalized spacial score (nSPS) is 43.7. The molecule has 3 saturated carbocycles. The van der Waals surface area contributed by atoms with Crippen molar-refractivity contribution in [3.8, 4) is 0 Å². The van der Waals surface area contributed by atoms with E-state index < -0.39 is 29.4 Å². The van der Waals surface area contributed by atoms with Gasteiger partial charge in [0.2, 0.25) is 5.78 Å². The SMILES string of the molecule is CC(=O)OCC(=O)[C@@]1(O)CC[C@H]2[C@@H]3CCC4=CC(=O)CC[C@]4(C)[C@@H]3C(=O)C[C@@]21C. The van der Waals surface area contributed by atoms with Gasteiger partial charge >= 0.3 is 5.97 Å². The van der Waals surface area contributed by atoms with Crippen molar-refractivity contribution in [3.63, 3.8) is 0 Å². The Labute approximate surface area is 171 Å². The first kappa shape index (κ1) is 20.5. The Kier molecular flexibility index (Phi) is 4.65. The Bertz CT molecular complexity index is 827. The molecule has 0 aliphatic heterocycles. The number of fused-ring (bicyclic) bond motifs is 5. The van der Waals surface area contributed by atoms with Gasteiger partial charge in [0.15, 0.2) is 12.4 Å². The zero-order valence-corrected chi connectivity index (χ0v) is 17.5. The molecule has 0 saturated heterocycles. The van der Waals surface area contributed by atoms with Gasteiger partial charge in [-0.2, -0.15) is 0 Å². The zero-order valence-electron chi connectivity index (χ0n) is 17.5. The molecule has 158 valence electrons. The quantitative estimate of drug-likeness (QED) is 0.729. The number of esters is 1. The van der Waals surface area contributed by atoms with Crippen LogP contribution in [-0.4, -0.2) is 40.6 Å². The highest BCUT2D eigenvalue weighted by molar-refractivity contribution is 5.95. The minimum Gasteiger partial charge on any atom is -0.458 e. The Morgan fingerprint density at radius 2 is 1.90 bits per heavy atom. The maximum absolute atomic E-state index is 13.5. The minimum absolute atomic E-state index is 0.0625. The lowest BCUT2D eigenvalue weighted by molar-refractivity contribution is -0.173. The topological polar surface area (TPSA) is 97.7 Å². The molecular weight excluding hydrogens is 372 g/mol. The molecule has 4 aliphatic rings. The van der Waals surface area contributed by atoms with Gasteiger partial charge in [0, 0.05) is 31.1 Å². The number of hydrogen-bond acceptors (Lipinski definition) is 6. The molecule has 6 atom stereocenters. The Hall–Kier alpha value is -1.82. The number of ether oxygens (including phenoxy) is 1. The van der Waals surface area contributed by atoms with Crippen molar-refractivity contribution >= 4 is 23.3 Å². The molecule has 0 unspecified atom stereocenters. The highest BCUT2D eigenvalue weighted by Crippen LogP contribution is 2.66. The highest BCUT2D eigenvalue weighted by Gasteiger charge is 2.68. The number of carbonyl (C=O) groups is 4. The first-order chi connectivity index (χ1) is 13.5. The molecular formula is C23H30O6. The molecule has 0 aromatic carbocycles. The Morgan fingerprint density at radius 3 is 2.59 bits per heavy atom. The fourth-order valence-corrected chi connectivity index (χ4v) is 7.13. The van der Waals surface area contributed by atoms with E-state index in [1.165, 1.54) is 6.92 Å². The predicted molar refractivity (Wildman–Crippen MR) is 104 cm³/mol. The van der Waals surface area contributed by atoms with Gasteiger partial charge in [-0.15, -0.1) is 0 Å². The summed E-state index contributed by atoms with van der Waals surface area (Å²) < 4.78 is 4.86. The molecule has 0 spiro atoms. The number of hydrogen-bond donors (Lipinski definition) is 1. The van der Waals surface area contributed by atoms with Crippen LogP contribution >= 0.6 is 0 Å². The second-order valence-corrected chi connectivity index (χ2v) is 10.0. The van der Waals surface area contributed by atoms with E-state index >= 15 is 0 Å². The molecule has 0 amide bonds. The van der Waals surface area contributed by atoms with Gasteiger partial charge in [-0.1, -0.05) is 19.4 Å². The van der Waals surface area contributed by atoms with Crippen LogP contribution in [-0.2, 0) is 23.9 Å². The second-order valence-electron chi connectivity index (χ2n) is 10.0. The van der Waals surface area contributed by atoms with Crippen molar-refractivity contribution in [3.05, 3.63) is 11.6 Å². The molecule has 1 N–H and O–H groups in total. The summed E-state index contributed by atoms with van der Waals surface area (Å²) >= 11 is 0. The molecule has 4 aliphatic carbocycles. The van der Waals surface area contributed by atoms with Crippen molar-refractivity contribution in [2.75, 3.05) is 6.61 Å². The van der Waals surface area contributed by atoms with E-state index in [1.807, 2.05) is 6.92 Å². The monoisotopic (exact) mass is 402 g/mol. The zero-order chi connectivity index (χ0) is 21.2. The molecule has 6 nitrogen and oxygen atoms in total. The first-order valence-corrected chi connectivity index (χ1v) is 10.7. The minimum atomic E-state index is -1.65. The Morgan fingerprint density at radius 1 is 1.17 bits per heavy atom. The van der Waals surface area contributed by atoms with Crippen molar-refractivity contribution in [1.29, 1.82) is 0 Å². The molecule has 0 aromatic rings. The van der Waals surface area contributed by atoms with Crippen LogP contribution in [0.1, 0.15) is 65.7 Å². The van der Waals surface area contributed by atoms with Crippen LogP contribution in [0, 0.1) is 28.6 Å². The fourth-order valence-electron chi connectivity index (χ4n) is 7.13. The molecule has 0 radical (unpaired) electrons. The van der Waals surface area contributed by atoms with Crippen LogP contribution in [0.25, 0.3) is 0 Å². The van der Waals surface area contributed by atoms with Gasteiger partial charge in [-0.3, -0.25) is 19.2 Å². The summed E-state index contributed by atoms with van der Waals surface area (Å²) in [5.41, 5.74) is -1.68. The molecule has 0 aromatic heterocycles. The van der Waals surface area contributed by atoms with Crippen LogP contribution in [0.15, 0.2) is 11.6 Å². The van der Waals surface area contributed by atoms with Crippen LogP contribution in [0.2, 0.25) is 0 Å². The number of allylic oxidation sites excluding steroid dienone is 1. The number of ketones is 3. The van der Waals surface area contributed by atoms with E-state index in [-0.39, 0.29) is 41.2 Å². The van der Waals surface area contributed by atoms with E-state index in [0.29, 0.717) is 25.7 Å². The van der Waals surface area contributed by atoms with Crippen molar-refractivity contribution in [2.45, 2.75) is 71.3 Å². The summed E-state index contributed by atoms with van der Waals surface area (Å²) in [5.74, 6) is -0.811. The summed E-state index contributed by atoms with van der Waals surface area (Å²) in [6.07, 6.45) is 5.66. The summed E-state index contributed by atoms with van der Waals surface area (Å²) in [7, 11) is 0. The van der Waals surface area contributed by atoms with E-state index in [9.17, 15) is 24.3 Å². The van der Waals surface area contributed by atoms with Crippen molar-refractivity contribution in [1.82, 2.24) is 0 Å². The van der Waals surface area contributed by atoms with Crippen LogP contribution in [0.4, 0.5) is 0 Å².